The van der Waals surface area contributed by atoms with E-state index in [4.69, 9.17) is 22.1 Å². The number of phenolic OH excluding ortho intramolecular Hbond substituents is 1. The number of fused-ring (bicyclic) bond motifs is 1. The van der Waals surface area contributed by atoms with E-state index in [2.05, 4.69) is 9.97 Å². The maximum Gasteiger partial charge on any atom is 0.337 e. The number of phenols is 1. The molecule has 0 aliphatic rings. The van der Waals surface area contributed by atoms with Crippen LogP contribution in [0.3, 0.4) is 0 Å². The summed E-state index contributed by atoms with van der Waals surface area (Å²) >= 11 is 6.49. The number of nitrogens with one attached hydrogen (secondary N) is 1. The molecule has 0 amide bonds. The fraction of sp³-hybridized carbons (Fsp3) is 0.0714. The summed E-state index contributed by atoms with van der Waals surface area (Å²) in [5.74, 6) is -0.0223. The Morgan fingerprint density at radius 2 is 1.77 bits per heavy atom. The van der Waals surface area contributed by atoms with Crippen molar-refractivity contribution in [2.75, 3.05) is 12.8 Å². The molecule has 6 nitrogen and oxygen atoms in total. The molecule has 0 saturated carbocycles. The molecular formula is C28H22ClN3O3. The van der Waals surface area contributed by atoms with Gasteiger partial charge in [0.05, 0.1) is 34.4 Å². The number of pyridine rings is 1. The number of nitrogens with zero attached hydrogens (tertiary/aromatic N) is 1. The summed E-state index contributed by atoms with van der Waals surface area (Å²) in [6.07, 6.45) is 0.585. The number of carbonyl (C=O) groups is 1. The maximum absolute atomic E-state index is 11.8. The number of carbonyl (C=O) groups excluding carboxylic acids is 1. The van der Waals surface area contributed by atoms with E-state index in [1.165, 1.54) is 7.11 Å². The Morgan fingerprint density at radius 1 is 1.03 bits per heavy atom. The van der Waals surface area contributed by atoms with Crippen molar-refractivity contribution in [2.45, 2.75) is 6.42 Å². The van der Waals surface area contributed by atoms with Crippen molar-refractivity contribution in [1.82, 2.24) is 9.97 Å². The molecule has 5 rings (SSSR count). The standard InChI is InChI=1S/C28H22ClN3O3/c1-35-28(34)18-9-7-17(8-10-18)19-14-21(27(33)22(29)15-19)25-20(13-16-5-3-2-4-6-16)26-23(31-25)11-12-24(30)32-26/h2-12,14-15,31,33H,13H2,1H3,(H2,30,32). The van der Waals surface area contributed by atoms with Gasteiger partial charge in [-0.15, -0.1) is 0 Å². The van der Waals surface area contributed by atoms with Crippen molar-refractivity contribution in [3.63, 3.8) is 0 Å². The van der Waals surface area contributed by atoms with Crippen LogP contribution < -0.4 is 5.73 Å². The van der Waals surface area contributed by atoms with Crippen LogP contribution in [-0.2, 0) is 11.2 Å². The molecule has 3 aromatic carbocycles. The van der Waals surface area contributed by atoms with Crippen molar-refractivity contribution >= 4 is 34.4 Å². The van der Waals surface area contributed by atoms with Gasteiger partial charge in [0, 0.05) is 17.5 Å². The second-order valence-corrected chi connectivity index (χ2v) is 8.60. The minimum atomic E-state index is -0.406. The maximum atomic E-state index is 11.8. The van der Waals surface area contributed by atoms with E-state index in [-0.39, 0.29) is 10.8 Å². The quantitative estimate of drug-likeness (QED) is 0.258. The van der Waals surface area contributed by atoms with E-state index in [1.807, 2.05) is 54.6 Å². The zero-order valence-electron chi connectivity index (χ0n) is 18.9. The third-order valence-electron chi connectivity index (χ3n) is 5.96. The highest BCUT2D eigenvalue weighted by atomic mass is 35.5. The van der Waals surface area contributed by atoms with Crippen LogP contribution in [0.4, 0.5) is 5.82 Å². The Kier molecular flexibility index (Phi) is 5.89. The lowest BCUT2D eigenvalue weighted by molar-refractivity contribution is 0.0600. The molecule has 4 N–H and O–H groups in total. The van der Waals surface area contributed by atoms with Crippen LogP contribution in [0, 0.1) is 0 Å². The van der Waals surface area contributed by atoms with E-state index in [0.29, 0.717) is 23.4 Å². The van der Waals surface area contributed by atoms with Crippen LogP contribution in [0.5, 0.6) is 5.75 Å². The number of methoxy groups -OCH3 is 1. The number of esters is 1. The van der Waals surface area contributed by atoms with E-state index in [0.717, 1.165) is 39.0 Å². The van der Waals surface area contributed by atoms with Gasteiger partial charge in [0.25, 0.3) is 0 Å². The van der Waals surface area contributed by atoms with Gasteiger partial charge in [0.2, 0.25) is 0 Å². The predicted molar refractivity (Wildman–Crippen MR) is 139 cm³/mol. The first-order chi connectivity index (χ1) is 16.9. The fourth-order valence-electron chi connectivity index (χ4n) is 4.21. The highest BCUT2D eigenvalue weighted by Crippen LogP contribution is 2.42. The van der Waals surface area contributed by atoms with Gasteiger partial charge in [0.15, 0.2) is 0 Å². The van der Waals surface area contributed by atoms with Gasteiger partial charge >= 0.3 is 5.97 Å². The van der Waals surface area contributed by atoms with Crippen molar-refractivity contribution < 1.29 is 14.6 Å². The topological polar surface area (TPSA) is 101 Å². The van der Waals surface area contributed by atoms with Gasteiger partial charge < -0.3 is 20.6 Å². The number of H-pyrrole nitrogens is 1. The smallest absolute Gasteiger partial charge is 0.337 e. The van der Waals surface area contributed by atoms with Crippen LogP contribution in [0.2, 0.25) is 5.02 Å². The van der Waals surface area contributed by atoms with Crippen LogP contribution in [0.25, 0.3) is 33.4 Å². The molecule has 2 heterocycles. The van der Waals surface area contributed by atoms with Gasteiger partial charge in [-0.1, -0.05) is 54.1 Å². The van der Waals surface area contributed by atoms with Crippen molar-refractivity contribution in [2.24, 2.45) is 0 Å². The Labute approximate surface area is 207 Å². The van der Waals surface area contributed by atoms with E-state index in [9.17, 15) is 9.90 Å². The lowest BCUT2D eigenvalue weighted by Gasteiger charge is -2.12. The molecule has 0 fully saturated rings. The monoisotopic (exact) mass is 483 g/mol. The number of aromatic amines is 1. The molecule has 0 atom stereocenters. The second-order valence-electron chi connectivity index (χ2n) is 8.20. The molecule has 0 aliphatic heterocycles. The number of hydrogen-bond donors (Lipinski definition) is 3. The van der Waals surface area contributed by atoms with Crippen molar-refractivity contribution in [3.8, 4) is 28.1 Å². The average molecular weight is 484 g/mol. The number of ether oxygens (including phenoxy) is 1. The highest BCUT2D eigenvalue weighted by molar-refractivity contribution is 6.33. The fourth-order valence-corrected chi connectivity index (χ4v) is 4.43. The molecule has 0 bridgehead atoms. The third-order valence-corrected chi connectivity index (χ3v) is 6.25. The highest BCUT2D eigenvalue weighted by Gasteiger charge is 2.20. The van der Waals surface area contributed by atoms with Gasteiger partial charge in [-0.2, -0.15) is 0 Å². The molecule has 174 valence electrons. The SMILES string of the molecule is COC(=O)c1ccc(-c2cc(Cl)c(O)c(-c3[nH]c4ccc(N)nc4c3Cc3ccccc3)c2)cc1. The second kappa shape index (κ2) is 9.16. The summed E-state index contributed by atoms with van der Waals surface area (Å²) < 4.78 is 4.78. The number of nitrogens with two attached hydrogens (primary N) is 1. The van der Waals surface area contributed by atoms with E-state index >= 15 is 0 Å². The molecular weight excluding hydrogens is 462 g/mol. The Bertz CT molecular complexity index is 1540. The number of anilines is 1. The molecule has 0 spiro atoms. The first-order valence-corrected chi connectivity index (χ1v) is 11.3. The van der Waals surface area contributed by atoms with Gasteiger partial charge in [-0.05, 0) is 53.1 Å². The molecule has 0 unspecified atom stereocenters. The number of nitrogen functional groups attached to an aromatic ring is 1. The average Bonchev–Trinajstić information content (AvgIpc) is 3.23. The Balaban J connectivity index is 1.67. The first kappa shape index (κ1) is 22.5. The summed E-state index contributed by atoms with van der Waals surface area (Å²) in [5.41, 5.74) is 12.9. The van der Waals surface area contributed by atoms with Gasteiger partial charge in [0.1, 0.15) is 11.6 Å². The number of halogens is 1. The minimum Gasteiger partial charge on any atom is -0.506 e. The van der Waals surface area contributed by atoms with Crippen LogP contribution in [-0.4, -0.2) is 28.2 Å². The van der Waals surface area contributed by atoms with Crippen LogP contribution >= 0.6 is 11.6 Å². The molecule has 0 saturated heterocycles. The lowest BCUT2D eigenvalue weighted by atomic mass is 9.96. The number of hydrogen-bond acceptors (Lipinski definition) is 5. The van der Waals surface area contributed by atoms with Crippen molar-refractivity contribution in [3.05, 3.63) is 101 Å². The summed E-state index contributed by atoms with van der Waals surface area (Å²) in [4.78, 5) is 19.8. The Morgan fingerprint density at radius 3 is 2.49 bits per heavy atom. The minimum absolute atomic E-state index is 0.0320. The number of benzene rings is 3. The molecule has 0 radical (unpaired) electrons. The summed E-state index contributed by atoms with van der Waals surface area (Å²) in [6, 6.07) is 24.2. The summed E-state index contributed by atoms with van der Waals surface area (Å²) in [6.45, 7) is 0. The van der Waals surface area contributed by atoms with Crippen molar-refractivity contribution in [1.29, 1.82) is 0 Å². The molecule has 35 heavy (non-hydrogen) atoms. The normalized spacial score (nSPS) is 11.0. The molecule has 2 aromatic heterocycles. The first-order valence-electron chi connectivity index (χ1n) is 11.0. The predicted octanol–water partition coefficient (Wildman–Crippen LogP) is 6.22. The zero-order valence-corrected chi connectivity index (χ0v) is 19.6. The Hall–Kier alpha value is -4.29. The molecule has 0 aliphatic carbocycles. The summed E-state index contributed by atoms with van der Waals surface area (Å²) in [5, 5.41) is 11.2. The summed E-state index contributed by atoms with van der Waals surface area (Å²) in [7, 11) is 1.35. The van der Waals surface area contributed by atoms with Gasteiger partial charge in [-0.25, -0.2) is 9.78 Å². The van der Waals surface area contributed by atoms with Crippen LogP contribution in [0.15, 0.2) is 78.9 Å². The number of aromatic nitrogens is 2. The van der Waals surface area contributed by atoms with Crippen LogP contribution in [0.1, 0.15) is 21.5 Å². The van der Waals surface area contributed by atoms with Gasteiger partial charge in [-0.3, -0.25) is 0 Å². The lowest BCUT2D eigenvalue weighted by Crippen LogP contribution is -2.00. The number of rotatable bonds is 5. The zero-order chi connectivity index (χ0) is 24.5. The largest absolute Gasteiger partial charge is 0.506 e. The molecule has 7 heteroatoms. The van der Waals surface area contributed by atoms with E-state index < -0.39 is 5.97 Å². The molecule has 5 aromatic rings. The third kappa shape index (κ3) is 4.32. The number of aromatic hydroxyl groups is 1. The van der Waals surface area contributed by atoms with E-state index in [1.54, 1.807) is 24.3 Å².